The summed E-state index contributed by atoms with van der Waals surface area (Å²) in [5.74, 6) is -0.949. The van der Waals surface area contributed by atoms with Crippen LogP contribution in [0.1, 0.15) is 45.1 Å². The molecular weight excluding hydrogens is 244 g/mol. The summed E-state index contributed by atoms with van der Waals surface area (Å²) in [6.07, 6.45) is 5.09. The number of hydrogen-bond acceptors (Lipinski definition) is 1. The molecule has 0 aliphatic heterocycles. The second-order valence-electron chi connectivity index (χ2n) is 5.12. The number of nitrogens with one attached hydrogen (secondary N) is 1. The molecule has 0 saturated carbocycles. The molecule has 0 radical (unpaired) electrons. The van der Waals surface area contributed by atoms with Crippen molar-refractivity contribution in [3.05, 3.63) is 35.4 Å². The first-order chi connectivity index (χ1) is 9.13. The highest BCUT2D eigenvalue weighted by Crippen LogP contribution is 2.22. The van der Waals surface area contributed by atoms with E-state index in [1.807, 2.05) is 7.05 Å². The van der Waals surface area contributed by atoms with E-state index in [1.54, 1.807) is 12.1 Å². The molecule has 1 N–H and O–H groups in total. The summed E-state index contributed by atoms with van der Waals surface area (Å²) in [5, 5.41) is 3.27. The van der Waals surface area contributed by atoms with Gasteiger partial charge in [-0.2, -0.15) is 0 Å². The molecule has 2 unspecified atom stereocenters. The van der Waals surface area contributed by atoms with Crippen LogP contribution in [0.3, 0.4) is 0 Å². The first-order valence-corrected chi connectivity index (χ1v) is 7.24. The van der Waals surface area contributed by atoms with Crippen molar-refractivity contribution in [3.8, 4) is 0 Å². The van der Waals surface area contributed by atoms with Crippen molar-refractivity contribution in [1.82, 2.24) is 5.32 Å². The van der Waals surface area contributed by atoms with E-state index in [1.165, 1.54) is 18.9 Å². The van der Waals surface area contributed by atoms with Crippen molar-refractivity contribution in [2.45, 2.75) is 52.0 Å². The van der Waals surface area contributed by atoms with Gasteiger partial charge in [-0.15, -0.1) is 0 Å². The van der Waals surface area contributed by atoms with E-state index < -0.39 is 11.6 Å². The Balaban J connectivity index is 2.77. The number of halogens is 2. The largest absolute Gasteiger partial charge is 0.316 e. The van der Waals surface area contributed by atoms with Crippen LogP contribution in [0.5, 0.6) is 0 Å². The highest BCUT2D eigenvalue weighted by Gasteiger charge is 2.20. The molecule has 2 atom stereocenters. The van der Waals surface area contributed by atoms with Crippen LogP contribution in [-0.2, 0) is 6.42 Å². The van der Waals surface area contributed by atoms with Gasteiger partial charge in [0.05, 0.1) is 0 Å². The van der Waals surface area contributed by atoms with Crippen LogP contribution in [0.2, 0.25) is 0 Å². The Labute approximate surface area is 115 Å². The summed E-state index contributed by atoms with van der Waals surface area (Å²) in [4.78, 5) is 0. The maximum Gasteiger partial charge on any atom is 0.162 e. The zero-order valence-electron chi connectivity index (χ0n) is 12.2. The highest BCUT2D eigenvalue weighted by molar-refractivity contribution is 5.20. The third-order valence-corrected chi connectivity index (χ3v) is 3.86. The molecule has 0 fully saturated rings. The van der Waals surface area contributed by atoms with Crippen LogP contribution >= 0.6 is 0 Å². The standard InChI is InChI=1S/C16H25F2N/c1-4-6-8-12(5-2)15(19-3)11-13-9-7-10-14(17)16(13)18/h7,9-10,12,15,19H,4-6,8,11H2,1-3H3. The molecule has 108 valence electrons. The molecule has 0 aliphatic carbocycles. The van der Waals surface area contributed by atoms with Crippen LogP contribution in [0.15, 0.2) is 18.2 Å². The summed E-state index contributed by atoms with van der Waals surface area (Å²) in [5.41, 5.74) is 0.467. The smallest absolute Gasteiger partial charge is 0.162 e. The Morgan fingerprint density at radius 1 is 1.21 bits per heavy atom. The van der Waals surface area contributed by atoms with E-state index >= 15 is 0 Å². The molecule has 1 rings (SSSR count). The molecule has 19 heavy (non-hydrogen) atoms. The van der Waals surface area contributed by atoms with Crippen molar-refractivity contribution in [1.29, 1.82) is 0 Å². The third kappa shape index (κ3) is 4.57. The third-order valence-electron chi connectivity index (χ3n) is 3.86. The first-order valence-electron chi connectivity index (χ1n) is 7.24. The van der Waals surface area contributed by atoms with E-state index in [9.17, 15) is 8.78 Å². The van der Waals surface area contributed by atoms with Gasteiger partial charge >= 0.3 is 0 Å². The van der Waals surface area contributed by atoms with Crippen LogP contribution in [-0.4, -0.2) is 13.1 Å². The van der Waals surface area contributed by atoms with Crippen LogP contribution in [0, 0.1) is 17.6 Å². The van der Waals surface area contributed by atoms with Gasteiger partial charge in [0.2, 0.25) is 0 Å². The summed E-state index contributed by atoms with van der Waals surface area (Å²) < 4.78 is 26.9. The topological polar surface area (TPSA) is 12.0 Å². The Morgan fingerprint density at radius 2 is 1.95 bits per heavy atom. The molecule has 0 aromatic heterocycles. The fourth-order valence-electron chi connectivity index (χ4n) is 2.60. The average molecular weight is 269 g/mol. The summed E-state index contributed by atoms with van der Waals surface area (Å²) >= 11 is 0. The van der Waals surface area contributed by atoms with Gasteiger partial charge in [-0.1, -0.05) is 45.2 Å². The lowest BCUT2D eigenvalue weighted by Crippen LogP contribution is -2.35. The normalized spacial score (nSPS) is 14.4. The minimum Gasteiger partial charge on any atom is -0.316 e. The highest BCUT2D eigenvalue weighted by atomic mass is 19.2. The quantitative estimate of drug-likeness (QED) is 0.741. The monoisotopic (exact) mass is 269 g/mol. The average Bonchev–Trinajstić information content (AvgIpc) is 2.42. The zero-order chi connectivity index (χ0) is 14.3. The number of likely N-dealkylation sites (N-methyl/N-ethyl adjacent to an activating group) is 1. The SMILES string of the molecule is CCCCC(CC)C(Cc1cccc(F)c1F)NC. The summed E-state index contributed by atoms with van der Waals surface area (Å²) in [6.45, 7) is 4.33. The first kappa shape index (κ1) is 16.1. The predicted octanol–water partition coefficient (Wildman–Crippen LogP) is 4.31. The van der Waals surface area contributed by atoms with Gasteiger partial charge in [-0.3, -0.25) is 0 Å². The number of unbranched alkanes of at least 4 members (excludes halogenated alkanes) is 1. The Kier molecular flexibility index (Phi) is 7.00. The Bertz CT molecular complexity index is 379. The van der Waals surface area contributed by atoms with Crippen molar-refractivity contribution >= 4 is 0 Å². The molecule has 1 aromatic rings. The van der Waals surface area contributed by atoms with Crippen molar-refractivity contribution < 1.29 is 8.78 Å². The fourth-order valence-corrected chi connectivity index (χ4v) is 2.60. The van der Waals surface area contributed by atoms with E-state index in [0.717, 1.165) is 12.8 Å². The van der Waals surface area contributed by atoms with Crippen molar-refractivity contribution in [2.24, 2.45) is 5.92 Å². The van der Waals surface area contributed by atoms with Crippen LogP contribution < -0.4 is 5.32 Å². The summed E-state index contributed by atoms with van der Waals surface area (Å²) in [7, 11) is 1.90. The molecular formula is C16H25F2N. The Morgan fingerprint density at radius 3 is 2.53 bits per heavy atom. The van der Waals surface area contributed by atoms with Gasteiger partial charge in [0.25, 0.3) is 0 Å². The van der Waals surface area contributed by atoms with Gasteiger partial charge in [-0.05, 0) is 37.4 Å². The van der Waals surface area contributed by atoms with E-state index in [-0.39, 0.29) is 6.04 Å². The number of hydrogen-bond donors (Lipinski definition) is 1. The van der Waals surface area contributed by atoms with Crippen LogP contribution in [0.4, 0.5) is 8.78 Å². The molecule has 0 bridgehead atoms. The Hall–Kier alpha value is -0.960. The van der Waals surface area contributed by atoms with Crippen LogP contribution in [0.25, 0.3) is 0 Å². The second-order valence-corrected chi connectivity index (χ2v) is 5.12. The van der Waals surface area contributed by atoms with Crippen molar-refractivity contribution in [2.75, 3.05) is 7.05 Å². The molecule has 0 saturated heterocycles. The maximum absolute atomic E-state index is 13.7. The van der Waals surface area contributed by atoms with Gasteiger partial charge in [-0.25, -0.2) is 8.78 Å². The number of benzene rings is 1. The van der Waals surface area contributed by atoms with Crippen molar-refractivity contribution in [3.63, 3.8) is 0 Å². The van der Waals surface area contributed by atoms with E-state index in [2.05, 4.69) is 19.2 Å². The minimum absolute atomic E-state index is 0.202. The lowest BCUT2D eigenvalue weighted by Gasteiger charge is -2.26. The van der Waals surface area contributed by atoms with Gasteiger partial charge in [0.15, 0.2) is 11.6 Å². The molecule has 0 heterocycles. The summed E-state index contributed by atoms with van der Waals surface area (Å²) in [6, 6.07) is 4.62. The second kappa shape index (κ2) is 8.26. The lowest BCUT2D eigenvalue weighted by atomic mass is 9.87. The molecule has 0 spiro atoms. The van der Waals surface area contributed by atoms with Gasteiger partial charge in [0, 0.05) is 6.04 Å². The van der Waals surface area contributed by atoms with E-state index in [0.29, 0.717) is 17.9 Å². The van der Waals surface area contributed by atoms with E-state index in [4.69, 9.17) is 0 Å². The fraction of sp³-hybridized carbons (Fsp3) is 0.625. The maximum atomic E-state index is 13.7. The zero-order valence-corrected chi connectivity index (χ0v) is 12.2. The molecule has 0 aliphatic rings. The lowest BCUT2D eigenvalue weighted by molar-refractivity contribution is 0.326. The molecule has 0 amide bonds. The number of rotatable bonds is 8. The minimum atomic E-state index is -0.756. The predicted molar refractivity (Wildman–Crippen MR) is 76.2 cm³/mol. The van der Waals surface area contributed by atoms with Gasteiger partial charge < -0.3 is 5.32 Å². The molecule has 1 aromatic carbocycles. The molecule has 3 heteroatoms. The molecule has 1 nitrogen and oxygen atoms in total. The van der Waals surface area contributed by atoms with Gasteiger partial charge in [0.1, 0.15) is 0 Å².